The number of nitrogens with zero attached hydrogens (tertiary/aromatic N) is 3. The minimum Gasteiger partial charge on any atom is -0.493 e. The van der Waals surface area contributed by atoms with Gasteiger partial charge in [-0.3, -0.25) is 4.98 Å². The molecule has 0 amide bonds. The smallest absolute Gasteiger partial charge is 0.162 e. The van der Waals surface area contributed by atoms with Crippen LogP contribution in [0.15, 0.2) is 36.5 Å². The monoisotopic (exact) mass is 348 g/mol. The highest BCUT2D eigenvalue weighted by Gasteiger charge is 2.19. The predicted octanol–water partition coefficient (Wildman–Crippen LogP) is 3.78. The molecule has 6 heteroatoms. The van der Waals surface area contributed by atoms with Gasteiger partial charge in [0.1, 0.15) is 6.07 Å². The Morgan fingerprint density at radius 2 is 1.85 bits per heavy atom. The Balaban J connectivity index is 2.32. The van der Waals surface area contributed by atoms with Gasteiger partial charge in [-0.05, 0) is 30.7 Å². The molecular formula is C20H20N4O2. The number of aromatic nitrogens is 1. The molecule has 3 aromatic rings. The molecule has 0 aliphatic rings. The van der Waals surface area contributed by atoms with Crippen LogP contribution in [0.4, 0.5) is 17.1 Å². The maximum Gasteiger partial charge on any atom is 0.162 e. The molecule has 0 radical (unpaired) electrons. The van der Waals surface area contributed by atoms with Gasteiger partial charge in [-0.2, -0.15) is 5.26 Å². The van der Waals surface area contributed by atoms with E-state index in [1.54, 1.807) is 26.5 Å². The van der Waals surface area contributed by atoms with E-state index in [2.05, 4.69) is 11.1 Å². The van der Waals surface area contributed by atoms with E-state index in [4.69, 9.17) is 15.2 Å². The van der Waals surface area contributed by atoms with Gasteiger partial charge in [0.2, 0.25) is 0 Å². The first-order chi connectivity index (χ1) is 12.5. The predicted molar refractivity (Wildman–Crippen MR) is 103 cm³/mol. The minimum absolute atomic E-state index is 0.467. The van der Waals surface area contributed by atoms with Crippen molar-refractivity contribution in [2.24, 2.45) is 0 Å². The second-order valence-electron chi connectivity index (χ2n) is 5.91. The molecule has 132 valence electrons. The molecule has 0 atom stereocenters. The second kappa shape index (κ2) is 6.81. The third-order valence-electron chi connectivity index (χ3n) is 4.51. The molecule has 0 saturated heterocycles. The molecule has 6 nitrogen and oxygen atoms in total. The molecule has 0 aliphatic carbocycles. The summed E-state index contributed by atoms with van der Waals surface area (Å²) < 4.78 is 10.8. The zero-order valence-electron chi connectivity index (χ0n) is 15.2. The van der Waals surface area contributed by atoms with E-state index >= 15 is 0 Å². The fourth-order valence-corrected chi connectivity index (χ4v) is 3.07. The van der Waals surface area contributed by atoms with Crippen LogP contribution in [-0.4, -0.2) is 26.3 Å². The minimum atomic E-state index is 0.467. The number of rotatable bonds is 4. The molecular weight excluding hydrogens is 328 g/mol. The molecule has 3 rings (SSSR count). The summed E-state index contributed by atoms with van der Waals surface area (Å²) in [7, 11) is 5.07. The standard InChI is InChI=1S/C20H20N4O2/c1-12-15(22)6-5-7-17(12)24(2)20-13(10-21)11-23-16-9-19(26-4)18(25-3)8-14(16)20/h5-9,11H,22H2,1-4H3. The number of nitriles is 1. The molecule has 0 bridgehead atoms. The van der Waals surface area contributed by atoms with Crippen molar-refractivity contribution < 1.29 is 9.47 Å². The van der Waals surface area contributed by atoms with Crippen LogP contribution in [-0.2, 0) is 0 Å². The quantitative estimate of drug-likeness (QED) is 0.722. The fraction of sp³-hybridized carbons (Fsp3) is 0.200. The van der Waals surface area contributed by atoms with Crippen molar-refractivity contribution in [2.75, 3.05) is 31.9 Å². The van der Waals surface area contributed by atoms with Gasteiger partial charge >= 0.3 is 0 Å². The summed E-state index contributed by atoms with van der Waals surface area (Å²) in [6, 6.07) is 11.6. The first-order valence-corrected chi connectivity index (χ1v) is 8.05. The van der Waals surface area contributed by atoms with E-state index in [1.165, 1.54) is 0 Å². The highest BCUT2D eigenvalue weighted by atomic mass is 16.5. The third kappa shape index (κ3) is 2.74. The zero-order chi connectivity index (χ0) is 18.8. The van der Waals surface area contributed by atoms with Crippen LogP contribution >= 0.6 is 0 Å². The first kappa shape index (κ1) is 17.4. The summed E-state index contributed by atoms with van der Waals surface area (Å²) in [6.45, 7) is 1.96. The van der Waals surface area contributed by atoms with Gasteiger partial charge in [-0.15, -0.1) is 0 Å². The molecule has 0 spiro atoms. The maximum atomic E-state index is 9.63. The van der Waals surface area contributed by atoms with Gasteiger partial charge in [0, 0.05) is 36.1 Å². The summed E-state index contributed by atoms with van der Waals surface area (Å²) in [4.78, 5) is 6.36. The molecule has 0 fully saturated rings. The second-order valence-corrected chi connectivity index (χ2v) is 5.91. The van der Waals surface area contributed by atoms with E-state index in [1.807, 2.05) is 43.1 Å². The van der Waals surface area contributed by atoms with Gasteiger partial charge in [-0.25, -0.2) is 0 Å². The molecule has 2 N–H and O–H groups in total. The average molecular weight is 348 g/mol. The topological polar surface area (TPSA) is 84.4 Å². The van der Waals surface area contributed by atoms with Crippen molar-refractivity contribution >= 4 is 28.0 Å². The summed E-state index contributed by atoms with van der Waals surface area (Å²) in [5.41, 5.74) is 10.6. The number of nitrogen functional groups attached to an aromatic ring is 1. The van der Waals surface area contributed by atoms with Gasteiger partial charge in [0.15, 0.2) is 11.5 Å². The number of anilines is 3. The van der Waals surface area contributed by atoms with Crippen LogP contribution < -0.4 is 20.1 Å². The van der Waals surface area contributed by atoms with Crippen molar-refractivity contribution in [1.29, 1.82) is 5.26 Å². The number of ether oxygens (including phenoxy) is 2. The Morgan fingerprint density at radius 3 is 2.50 bits per heavy atom. The molecule has 1 heterocycles. The number of nitrogens with two attached hydrogens (primary N) is 1. The third-order valence-corrected chi connectivity index (χ3v) is 4.51. The molecule has 2 aromatic carbocycles. The zero-order valence-corrected chi connectivity index (χ0v) is 15.2. The van der Waals surface area contributed by atoms with E-state index in [9.17, 15) is 5.26 Å². The van der Waals surface area contributed by atoms with E-state index in [0.29, 0.717) is 28.3 Å². The van der Waals surface area contributed by atoms with Gasteiger partial charge in [-0.1, -0.05) is 6.07 Å². The first-order valence-electron chi connectivity index (χ1n) is 8.05. The highest BCUT2D eigenvalue weighted by Crippen LogP contribution is 2.40. The number of benzene rings is 2. The van der Waals surface area contributed by atoms with Crippen molar-refractivity contribution in [2.45, 2.75) is 6.92 Å². The summed E-state index contributed by atoms with van der Waals surface area (Å²) in [6.07, 6.45) is 1.57. The molecule has 0 saturated carbocycles. The Labute approximate surface area is 152 Å². The van der Waals surface area contributed by atoms with E-state index < -0.39 is 0 Å². The Morgan fingerprint density at radius 1 is 1.15 bits per heavy atom. The van der Waals surface area contributed by atoms with Gasteiger partial charge in [0.25, 0.3) is 0 Å². The normalized spacial score (nSPS) is 10.4. The van der Waals surface area contributed by atoms with Crippen molar-refractivity contribution in [1.82, 2.24) is 4.98 Å². The fourth-order valence-electron chi connectivity index (χ4n) is 3.07. The summed E-state index contributed by atoms with van der Waals surface area (Å²) >= 11 is 0. The van der Waals surface area contributed by atoms with E-state index in [0.717, 1.165) is 22.3 Å². The Bertz CT molecular complexity index is 1020. The van der Waals surface area contributed by atoms with Crippen molar-refractivity contribution in [3.05, 3.63) is 47.7 Å². The van der Waals surface area contributed by atoms with Crippen LogP contribution in [0.25, 0.3) is 10.9 Å². The molecule has 0 unspecified atom stereocenters. The SMILES string of the molecule is COc1cc2ncc(C#N)c(N(C)c3cccc(N)c3C)c2cc1OC. The van der Waals surface area contributed by atoms with Crippen LogP contribution in [0.3, 0.4) is 0 Å². The number of hydrogen-bond acceptors (Lipinski definition) is 6. The highest BCUT2D eigenvalue weighted by molar-refractivity contribution is 5.98. The summed E-state index contributed by atoms with van der Waals surface area (Å²) in [5, 5.41) is 10.4. The molecule has 26 heavy (non-hydrogen) atoms. The Hall–Kier alpha value is -3.46. The number of fused-ring (bicyclic) bond motifs is 1. The van der Waals surface area contributed by atoms with Crippen molar-refractivity contribution in [3.63, 3.8) is 0 Å². The molecule has 0 aliphatic heterocycles. The Kier molecular flexibility index (Phi) is 4.55. The number of methoxy groups -OCH3 is 2. The summed E-state index contributed by atoms with van der Waals surface area (Å²) in [5.74, 6) is 1.17. The van der Waals surface area contributed by atoms with Gasteiger partial charge < -0.3 is 20.1 Å². The van der Waals surface area contributed by atoms with Crippen LogP contribution in [0, 0.1) is 18.3 Å². The molecule has 1 aromatic heterocycles. The van der Waals surface area contributed by atoms with Gasteiger partial charge in [0.05, 0.1) is 31.0 Å². The van der Waals surface area contributed by atoms with Crippen molar-refractivity contribution in [3.8, 4) is 17.6 Å². The lowest BCUT2D eigenvalue weighted by molar-refractivity contribution is 0.356. The van der Waals surface area contributed by atoms with E-state index in [-0.39, 0.29) is 0 Å². The van der Waals surface area contributed by atoms with Crippen LogP contribution in [0.5, 0.6) is 11.5 Å². The average Bonchev–Trinajstić information content (AvgIpc) is 2.67. The number of hydrogen-bond donors (Lipinski definition) is 1. The lowest BCUT2D eigenvalue weighted by atomic mass is 10.1. The maximum absolute atomic E-state index is 9.63. The number of pyridine rings is 1. The van der Waals surface area contributed by atoms with Crippen LogP contribution in [0.1, 0.15) is 11.1 Å². The largest absolute Gasteiger partial charge is 0.493 e. The lowest BCUT2D eigenvalue weighted by Crippen LogP contribution is -2.14. The van der Waals surface area contributed by atoms with Crippen LogP contribution in [0.2, 0.25) is 0 Å². The lowest BCUT2D eigenvalue weighted by Gasteiger charge is -2.25.